The normalized spacial score (nSPS) is 20.6. The number of fused-ring (bicyclic) bond motifs is 1. The third-order valence-corrected chi connectivity index (χ3v) is 3.18. The minimum atomic E-state index is 0.404. The highest BCUT2D eigenvalue weighted by Crippen LogP contribution is 2.22. The second kappa shape index (κ2) is 5.15. The van der Waals surface area contributed by atoms with Crippen LogP contribution in [0.25, 0.3) is 0 Å². The molecule has 0 aliphatic heterocycles. The monoisotopic (exact) mass is 216 g/mol. The fourth-order valence-corrected chi connectivity index (χ4v) is 2.34. The molecule has 2 heteroatoms. The Bertz CT molecular complexity index is 382. The Labute approximate surface area is 97.6 Å². The fraction of sp³-hybridized carbons (Fsp3) is 0.500. The van der Waals surface area contributed by atoms with Gasteiger partial charge in [0, 0.05) is 6.42 Å². The lowest BCUT2D eigenvalue weighted by atomic mass is 9.88. The molecular formula is C14H20N2. The summed E-state index contributed by atoms with van der Waals surface area (Å²) in [7, 11) is 0. The molecule has 0 bridgehead atoms. The third kappa shape index (κ3) is 2.63. The zero-order valence-electron chi connectivity index (χ0n) is 9.95. The molecule has 1 atom stereocenters. The summed E-state index contributed by atoms with van der Waals surface area (Å²) in [5.74, 6) is 0.826. The molecule has 1 aliphatic carbocycles. The fourth-order valence-electron chi connectivity index (χ4n) is 2.34. The number of aryl methyl sites for hydroxylation is 1. The van der Waals surface area contributed by atoms with Crippen LogP contribution in [0.3, 0.4) is 0 Å². The summed E-state index contributed by atoms with van der Waals surface area (Å²) in [5.41, 5.74) is 8.82. The quantitative estimate of drug-likeness (QED) is 0.612. The molecule has 0 aromatic heterocycles. The van der Waals surface area contributed by atoms with Crippen LogP contribution in [-0.2, 0) is 12.8 Å². The van der Waals surface area contributed by atoms with Gasteiger partial charge in [-0.1, -0.05) is 31.2 Å². The van der Waals surface area contributed by atoms with E-state index in [4.69, 9.17) is 5.73 Å². The smallest absolute Gasteiger partial charge is 0.0940 e. The average Bonchev–Trinajstić information content (AvgIpc) is 2.29. The molecule has 86 valence electrons. The van der Waals surface area contributed by atoms with Crippen molar-refractivity contribution < 1.29 is 0 Å². The molecule has 1 aliphatic rings. The van der Waals surface area contributed by atoms with Crippen LogP contribution in [0.15, 0.2) is 29.3 Å². The van der Waals surface area contributed by atoms with E-state index in [-0.39, 0.29) is 0 Å². The topological polar surface area (TPSA) is 38.4 Å². The van der Waals surface area contributed by atoms with Crippen LogP contribution in [0.5, 0.6) is 0 Å². The summed E-state index contributed by atoms with van der Waals surface area (Å²) >= 11 is 0. The van der Waals surface area contributed by atoms with Crippen molar-refractivity contribution in [2.75, 3.05) is 0 Å². The molecule has 0 spiro atoms. The summed E-state index contributed by atoms with van der Waals surface area (Å²) in [6, 6.07) is 9.08. The summed E-state index contributed by atoms with van der Waals surface area (Å²) in [5, 5.41) is 0. The van der Waals surface area contributed by atoms with Crippen LogP contribution < -0.4 is 5.73 Å². The Morgan fingerprint density at radius 2 is 2.12 bits per heavy atom. The van der Waals surface area contributed by atoms with Gasteiger partial charge in [0.05, 0.1) is 11.9 Å². The molecular weight excluding hydrogens is 196 g/mol. The second-order valence-electron chi connectivity index (χ2n) is 4.54. The molecule has 1 unspecified atom stereocenters. The number of benzene rings is 1. The van der Waals surface area contributed by atoms with E-state index in [1.807, 2.05) is 0 Å². The lowest BCUT2D eigenvalue weighted by Gasteiger charge is -2.22. The number of hydrogen-bond acceptors (Lipinski definition) is 1. The van der Waals surface area contributed by atoms with Gasteiger partial charge in [-0.15, -0.1) is 0 Å². The first-order valence-electron chi connectivity index (χ1n) is 6.18. The number of nitrogens with zero attached hydrogens (tertiary/aromatic N) is 1. The first-order valence-corrected chi connectivity index (χ1v) is 6.18. The van der Waals surface area contributed by atoms with Gasteiger partial charge in [0.25, 0.3) is 0 Å². The van der Waals surface area contributed by atoms with Crippen LogP contribution in [0.1, 0.15) is 37.3 Å². The van der Waals surface area contributed by atoms with Gasteiger partial charge in [-0.05, 0) is 36.8 Å². The molecule has 1 aromatic rings. The summed E-state index contributed by atoms with van der Waals surface area (Å²) in [6.45, 7) is 2.14. The molecule has 2 rings (SSSR count). The number of hydrogen-bond donors (Lipinski definition) is 1. The molecule has 0 fully saturated rings. The molecule has 0 radical (unpaired) electrons. The first-order chi connectivity index (χ1) is 7.79. The largest absolute Gasteiger partial charge is 0.387 e. The van der Waals surface area contributed by atoms with Crippen molar-refractivity contribution >= 4 is 5.84 Å². The van der Waals surface area contributed by atoms with Crippen molar-refractivity contribution in [1.82, 2.24) is 0 Å². The van der Waals surface area contributed by atoms with Crippen LogP contribution in [0.2, 0.25) is 0 Å². The Morgan fingerprint density at radius 3 is 2.88 bits per heavy atom. The van der Waals surface area contributed by atoms with E-state index < -0.39 is 0 Å². The van der Waals surface area contributed by atoms with Gasteiger partial charge in [0.1, 0.15) is 0 Å². The minimum absolute atomic E-state index is 0.404. The van der Waals surface area contributed by atoms with Crippen LogP contribution in [0.4, 0.5) is 0 Å². The SMILES string of the molecule is CCCC(N)=NC1CCc2ccccc2C1. The van der Waals surface area contributed by atoms with E-state index >= 15 is 0 Å². The van der Waals surface area contributed by atoms with Crippen LogP contribution in [0, 0.1) is 0 Å². The predicted octanol–water partition coefficient (Wildman–Crippen LogP) is 2.70. The zero-order chi connectivity index (χ0) is 11.4. The van der Waals surface area contributed by atoms with Gasteiger partial charge in [0.2, 0.25) is 0 Å². The second-order valence-corrected chi connectivity index (χ2v) is 4.54. The highest BCUT2D eigenvalue weighted by Gasteiger charge is 2.17. The van der Waals surface area contributed by atoms with Crippen molar-refractivity contribution in [3.8, 4) is 0 Å². The van der Waals surface area contributed by atoms with E-state index in [0.717, 1.165) is 37.9 Å². The molecule has 0 saturated heterocycles. The van der Waals surface area contributed by atoms with Crippen molar-refractivity contribution in [1.29, 1.82) is 0 Å². The number of aliphatic imine (C=N–C) groups is 1. The van der Waals surface area contributed by atoms with E-state index in [2.05, 4.69) is 36.2 Å². The van der Waals surface area contributed by atoms with Crippen LogP contribution >= 0.6 is 0 Å². The molecule has 0 saturated carbocycles. The molecule has 2 nitrogen and oxygen atoms in total. The van der Waals surface area contributed by atoms with Gasteiger partial charge in [-0.2, -0.15) is 0 Å². The lowest BCUT2D eigenvalue weighted by Crippen LogP contribution is -2.22. The van der Waals surface area contributed by atoms with Gasteiger partial charge in [-0.3, -0.25) is 4.99 Å². The highest BCUT2D eigenvalue weighted by molar-refractivity contribution is 5.80. The van der Waals surface area contributed by atoms with Crippen molar-refractivity contribution in [2.24, 2.45) is 10.7 Å². The van der Waals surface area contributed by atoms with E-state index in [9.17, 15) is 0 Å². The maximum Gasteiger partial charge on any atom is 0.0940 e. The Balaban J connectivity index is 2.05. The summed E-state index contributed by atoms with van der Waals surface area (Å²) < 4.78 is 0. The van der Waals surface area contributed by atoms with Gasteiger partial charge in [-0.25, -0.2) is 0 Å². The summed E-state index contributed by atoms with van der Waals surface area (Å²) in [4.78, 5) is 4.62. The van der Waals surface area contributed by atoms with Gasteiger partial charge in [0.15, 0.2) is 0 Å². The maximum absolute atomic E-state index is 5.89. The lowest BCUT2D eigenvalue weighted by molar-refractivity contribution is 0.576. The van der Waals surface area contributed by atoms with E-state index in [1.165, 1.54) is 11.1 Å². The zero-order valence-corrected chi connectivity index (χ0v) is 9.95. The molecule has 0 heterocycles. The number of rotatable bonds is 3. The Morgan fingerprint density at radius 1 is 1.38 bits per heavy atom. The molecule has 1 aromatic carbocycles. The molecule has 0 amide bonds. The first kappa shape index (κ1) is 11.2. The Kier molecular flexibility index (Phi) is 3.60. The van der Waals surface area contributed by atoms with Crippen molar-refractivity contribution in [2.45, 2.75) is 45.1 Å². The van der Waals surface area contributed by atoms with Gasteiger partial charge < -0.3 is 5.73 Å². The Hall–Kier alpha value is -1.31. The van der Waals surface area contributed by atoms with Crippen molar-refractivity contribution in [3.05, 3.63) is 35.4 Å². The third-order valence-electron chi connectivity index (χ3n) is 3.18. The molecule has 2 N–H and O–H groups in total. The number of amidine groups is 1. The van der Waals surface area contributed by atoms with Gasteiger partial charge >= 0.3 is 0 Å². The minimum Gasteiger partial charge on any atom is -0.387 e. The predicted molar refractivity (Wildman–Crippen MR) is 68.8 cm³/mol. The van der Waals surface area contributed by atoms with E-state index in [0.29, 0.717) is 6.04 Å². The maximum atomic E-state index is 5.89. The molecule has 16 heavy (non-hydrogen) atoms. The standard InChI is InChI=1S/C14H20N2/c1-2-5-14(15)16-13-9-8-11-6-3-4-7-12(11)10-13/h3-4,6-7,13H,2,5,8-10H2,1H3,(H2,15,16). The van der Waals surface area contributed by atoms with Crippen LogP contribution in [-0.4, -0.2) is 11.9 Å². The van der Waals surface area contributed by atoms with Crippen molar-refractivity contribution in [3.63, 3.8) is 0 Å². The summed E-state index contributed by atoms with van der Waals surface area (Å²) in [6.07, 6.45) is 5.35. The highest BCUT2D eigenvalue weighted by atomic mass is 14.9. The number of nitrogens with two attached hydrogens (primary N) is 1. The van der Waals surface area contributed by atoms with E-state index in [1.54, 1.807) is 0 Å². The average molecular weight is 216 g/mol.